The monoisotopic (exact) mass is 341 g/mol. The fourth-order valence-corrected chi connectivity index (χ4v) is 2.24. The maximum Gasteiger partial charge on any atom is 0.321 e. The number of anilines is 1. The highest BCUT2D eigenvalue weighted by atomic mass is 16.5. The molecule has 0 spiro atoms. The van der Waals surface area contributed by atoms with Crippen molar-refractivity contribution in [1.29, 1.82) is 0 Å². The Labute approximate surface area is 147 Å². The summed E-state index contributed by atoms with van der Waals surface area (Å²) in [6, 6.07) is 16.3. The average molecular weight is 341 g/mol. The molecule has 0 bridgehead atoms. The fraction of sp³-hybridized carbons (Fsp3) is 0.263. The number of benzene rings is 2. The van der Waals surface area contributed by atoms with Crippen LogP contribution in [-0.4, -0.2) is 31.6 Å². The molecule has 2 N–H and O–H groups in total. The molecular weight excluding hydrogens is 318 g/mol. The summed E-state index contributed by atoms with van der Waals surface area (Å²) in [7, 11) is 1.77. The van der Waals surface area contributed by atoms with Crippen LogP contribution in [0.4, 0.5) is 10.5 Å². The van der Waals surface area contributed by atoms with Gasteiger partial charge in [-0.15, -0.1) is 0 Å². The number of carbonyl (C=O) groups is 2. The number of nitrogens with zero attached hydrogens (tertiary/aromatic N) is 1. The summed E-state index contributed by atoms with van der Waals surface area (Å²) in [4.78, 5) is 25.4. The number of nitrogens with one attached hydrogen (secondary N) is 2. The Kier molecular flexibility index (Phi) is 6.39. The molecular formula is C19H23N3O3. The number of imide groups is 1. The minimum atomic E-state index is -0.498. The van der Waals surface area contributed by atoms with Crippen LogP contribution in [0.1, 0.15) is 13.8 Å². The van der Waals surface area contributed by atoms with Crippen molar-refractivity contribution in [1.82, 2.24) is 10.6 Å². The van der Waals surface area contributed by atoms with E-state index in [9.17, 15) is 9.59 Å². The quantitative estimate of drug-likeness (QED) is 0.847. The van der Waals surface area contributed by atoms with Gasteiger partial charge >= 0.3 is 6.03 Å². The number of carbonyl (C=O) groups excluding carboxylic acids is 2. The van der Waals surface area contributed by atoms with Crippen LogP contribution >= 0.6 is 0 Å². The Morgan fingerprint density at radius 2 is 1.68 bits per heavy atom. The largest absolute Gasteiger partial charge is 0.455 e. The standard InChI is InChI=1S/C19H23N3O3/c1-14(2)20-19(24)21-18(23)13-22(3)16-11-7-8-12-17(16)25-15-9-5-4-6-10-15/h4-12,14H,13H2,1-3H3,(H2,20,21,23,24). The van der Waals surface area contributed by atoms with E-state index < -0.39 is 11.9 Å². The van der Waals surface area contributed by atoms with Gasteiger partial charge in [0.05, 0.1) is 12.2 Å². The van der Waals surface area contributed by atoms with E-state index >= 15 is 0 Å². The lowest BCUT2D eigenvalue weighted by molar-refractivity contribution is -0.118. The average Bonchev–Trinajstić information content (AvgIpc) is 2.55. The lowest BCUT2D eigenvalue weighted by Gasteiger charge is -2.21. The van der Waals surface area contributed by atoms with Gasteiger partial charge in [0.25, 0.3) is 0 Å². The molecule has 0 saturated carbocycles. The summed E-state index contributed by atoms with van der Waals surface area (Å²) < 4.78 is 5.89. The summed E-state index contributed by atoms with van der Waals surface area (Å²) in [5, 5.41) is 4.93. The minimum Gasteiger partial charge on any atom is -0.455 e. The van der Waals surface area contributed by atoms with Crippen molar-refractivity contribution in [2.45, 2.75) is 19.9 Å². The molecule has 0 aromatic heterocycles. The van der Waals surface area contributed by atoms with Crippen molar-refractivity contribution >= 4 is 17.6 Å². The van der Waals surface area contributed by atoms with Gasteiger partial charge in [-0.25, -0.2) is 4.79 Å². The molecule has 0 saturated heterocycles. The van der Waals surface area contributed by atoms with E-state index in [1.807, 2.05) is 68.4 Å². The molecule has 0 atom stereocenters. The first kappa shape index (κ1) is 18.3. The second-order valence-electron chi connectivity index (χ2n) is 5.92. The van der Waals surface area contributed by atoms with Crippen LogP contribution in [0.2, 0.25) is 0 Å². The molecule has 6 heteroatoms. The minimum absolute atomic E-state index is 0.0285. The Balaban J connectivity index is 2.03. The van der Waals surface area contributed by atoms with Crippen molar-refractivity contribution in [3.05, 3.63) is 54.6 Å². The molecule has 2 rings (SSSR count). The molecule has 3 amide bonds. The number of ether oxygens (including phenoxy) is 1. The van der Waals surface area contributed by atoms with E-state index in [1.54, 1.807) is 11.9 Å². The predicted molar refractivity (Wildman–Crippen MR) is 98.0 cm³/mol. The normalized spacial score (nSPS) is 10.2. The molecule has 2 aromatic rings. The van der Waals surface area contributed by atoms with Gasteiger partial charge in [-0.2, -0.15) is 0 Å². The van der Waals surface area contributed by atoms with Crippen LogP contribution in [-0.2, 0) is 4.79 Å². The number of amides is 3. The zero-order valence-electron chi connectivity index (χ0n) is 14.7. The van der Waals surface area contributed by atoms with Crippen LogP contribution in [0.15, 0.2) is 54.6 Å². The van der Waals surface area contributed by atoms with Crippen LogP contribution < -0.4 is 20.3 Å². The summed E-state index contributed by atoms with van der Waals surface area (Å²) in [5.74, 6) is 0.954. The van der Waals surface area contributed by atoms with Gasteiger partial charge in [0.1, 0.15) is 5.75 Å². The molecule has 0 unspecified atom stereocenters. The van der Waals surface area contributed by atoms with Gasteiger partial charge in [0, 0.05) is 13.1 Å². The van der Waals surface area contributed by atoms with Crippen molar-refractivity contribution in [2.24, 2.45) is 0 Å². The molecule has 0 fully saturated rings. The molecule has 0 aliphatic rings. The summed E-state index contributed by atoms with van der Waals surface area (Å²) >= 11 is 0. The third-order valence-corrected chi connectivity index (χ3v) is 3.30. The highest BCUT2D eigenvalue weighted by Gasteiger charge is 2.14. The van der Waals surface area contributed by atoms with Crippen molar-refractivity contribution < 1.29 is 14.3 Å². The molecule has 0 aliphatic heterocycles. The number of likely N-dealkylation sites (N-methyl/N-ethyl adjacent to an activating group) is 1. The van der Waals surface area contributed by atoms with E-state index in [0.717, 1.165) is 5.69 Å². The zero-order chi connectivity index (χ0) is 18.2. The van der Waals surface area contributed by atoms with Gasteiger partial charge in [-0.3, -0.25) is 10.1 Å². The van der Waals surface area contributed by atoms with E-state index in [1.165, 1.54) is 0 Å². The number of urea groups is 1. The van der Waals surface area contributed by atoms with Crippen molar-refractivity contribution in [2.75, 3.05) is 18.5 Å². The Bertz CT molecular complexity index is 717. The van der Waals surface area contributed by atoms with Crippen molar-refractivity contribution in [3.63, 3.8) is 0 Å². The summed E-state index contributed by atoms with van der Waals surface area (Å²) in [5.41, 5.74) is 0.755. The van der Waals surface area contributed by atoms with Crippen molar-refractivity contribution in [3.8, 4) is 11.5 Å². The molecule has 132 valence electrons. The zero-order valence-corrected chi connectivity index (χ0v) is 14.7. The number of rotatable bonds is 6. The molecule has 2 aromatic carbocycles. The first-order valence-electron chi connectivity index (χ1n) is 8.09. The van der Waals surface area contributed by atoms with Gasteiger partial charge in [0.15, 0.2) is 5.75 Å². The second-order valence-corrected chi connectivity index (χ2v) is 5.92. The Morgan fingerprint density at radius 3 is 2.36 bits per heavy atom. The van der Waals surface area contributed by atoms with Crippen LogP contribution in [0.3, 0.4) is 0 Å². The van der Waals surface area contributed by atoms with Gasteiger partial charge in [-0.05, 0) is 38.1 Å². The summed E-state index contributed by atoms with van der Waals surface area (Å²) in [6.45, 7) is 3.68. The van der Waals surface area contributed by atoms with E-state index in [0.29, 0.717) is 11.5 Å². The third kappa shape index (κ3) is 5.84. The smallest absolute Gasteiger partial charge is 0.321 e. The molecule has 0 aliphatic carbocycles. The first-order valence-corrected chi connectivity index (χ1v) is 8.09. The Morgan fingerprint density at radius 1 is 1.04 bits per heavy atom. The van der Waals surface area contributed by atoms with E-state index in [-0.39, 0.29) is 12.6 Å². The van der Waals surface area contributed by atoms with Crippen LogP contribution in [0, 0.1) is 0 Å². The number of hydrogen-bond donors (Lipinski definition) is 2. The predicted octanol–water partition coefficient (Wildman–Crippen LogP) is 3.15. The molecule has 0 heterocycles. The molecule has 0 radical (unpaired) electrons. The number of para-hydroxylation sites is 3. The maximum atomic E-state index is 12.0. The number of hydrogen-bond acceptors (Lipinski definition) is 4. The topological polar surface area (TPSA) is 70.7 Å². The highest BCUT2D eigenvalue weighted by Crippen LogP contribution is 2.31. The Hall–Kier alpha value is -3.02. The molecule has 6 nitrogen and oxygen atoms in total. The van der Waals surface area contributed by atoms with Gasteiger partial charge in [0.2, 0.25) is 5.91 Å². The molecule has 25 heavy (non-hydrogen) atoms. The van der Waals surface area contributed by atoms with Gasteiger partial charge in [-0.1, -0.05) is 30.3 Å². The van der Waals surface area contributed by atoms with Crippen LogP contribution in [0.25, 0.3) is 0 Å². The lowest BCUT2D eigenvalue weighted by Crippen LogP contribution is -2.45. The fourth-order valence-electron chi connectivity index (χ4n) is 2.24. The van der Waals surface area contributed by atoms with Crippen LogP contribution in [0.5, 0.6) is 11.5 Å². The SMILES string of the molecule is CC(C)NC(=O)NC(=O)CN(C)c1ccccc1Oc1ccccc1. The summed E-state index contributed by atoms with van der Waals surface area (Å²) in [6.07, 6.45) is 0. The highest BCUT2D eigenvalue weighted by molar-refractivity contribution is 5.96. The first-order chi connectivity index (χ1) is 12.0. The third-order valence-electron chi connectivity index (χ3n) is 3.30. The maximum absolute atomic E-state index is 12.0. The van der Waals surface area contributed by atoms with E-state index in [2.05, 4.69) is 10.6 Å². The van der Waals surface area contributed by atoms with Gasteiger partial charge < -0.3 is 15.0 Å². The lowest BCUT2D eigenvalue weighted by atomic mass is 10.2. The van der Waals surface area contributed by atoms with E-state index in [4.69, 9.17) is 4.74 Å². The second kappa shape index (κ2) is 8.73.